The molecule has 2 N–H and O–H groups in total. The maximum atomic E-state index is 12.6. The molecule has 138 valence electrons. The Morgan fingerprint density at radius 1 is 0.963 bits per heavy atom. The van der Waals surface area contributed by atoms with E-state index < -0.39 is 23.2 Å². The molecular formula is C20H19N3O4. The first kappa shape index (κ1) is 19.7. The van der Waals surface area contributed by atoms with Crippen LogP contribution in [0.4, 0.5) is 11.4 Å². The summed E-state index contributed by atoms with van der Waals surface area (Å²) in [5.74, 6) is -1.56. The zero-order chi connectivity index (χ0) is 20.0. The van der Waals surface area contributed by atoms with Crippen molar-refractivity contribution in [2.24, 2.45) is 5.41 Å². The molecule has 27 heavy (non-hydrogen) atoms. The van der Waals surface area contributed by atoms with Crippen LogP contribution in [-0.4, -0.2) is 24.9 Å². The third-order valence-corrected chi connectivity index (χ3v) is 3.95. The number of anilines is 2. The highest BCUT2D eigenvalue weighted by molar-refractivity contribution is 6.14. The molecule has 7 nitrogen and oxygen atoms in total. The fourth-order valence-corrected chi connectivity index (χ4v) is 2.15. The molecule has 0 saturated carbocycles. The number of ether oxygens (including phenoxy) is 1. The average Bonchev–Trinajstić information content (AvgIpc) is 2.68. The van der Waals surface area contributed by atoms with Gasteiger partial charge in [0.15, 0.2) is 0 Å². The van der Waals surface area contributed by atoms with Gasteiger partial charge in [0, 0.05) is 11.4 Å². The molecule has 0 aliphatic rings. The molecule has 0 radical (unpaired) electrons. The SMILES string of the molecule is COC(=O)c1cccc(NC(=O)C(C)(C)C(=O)Nc2ccc(C#N)cc2)c1. The first-order valence-corrected chi connectivity index (χ1v) is 8.09. The van der Waals surface area contributed by atoms with E-state index in [-0.39, 0.29) is 5.56 Å². The smallest absolute Gasteiger partial charge is 0.337 e. The van der Waals surface area contributed by atoms with Crippen molar-refractivity contribution in [1.82, 2.24) is 0 Å². The van der Waals surface area contributed by atoms with E-state index in [1.165, 1.54) is 27.0 Å². The van der Waals surface area contributed by atoms with E-state index in [0.717, 1.165) is 0 Å². The summed E-state index contributed by atoms with van der Waals surface area (Å²) in [5.41, 5.74) is 0.232. The summed E-state index contributed by atoms with van der Waals surface area (Å²) in [5, 5.41) is 14.1. The van der Waals surface area contributed by atoms with Crippen LogP contribution in [0.1, 0.15) is 29.8 Å². The molecule has 0 unspecified atom stereocenters. The minimum Gasteiger partial charge on any atom is -0.465 e. The molecular weight excluding hydrogens is 346 g/mol. The van der Waals surface area contributed by atoms with Crippen molar-refractivity contribution < 1.29 is 19.1 Å². The van der Waals surface area contributed by atoms with Crippen LogP contribution in [0.2, 0.25) is 0 Å². The molecule has 0 spiro atoms. The number of nitrogens with zero attached hydrogens (tertiary/aromatic N) is 1. The first-order chi connectivity index (χ1) is 12.8. The Bertz CT molecular complexity index is 912. The quantitative estimate of drug-likeness (QED) is 0.625. The summed E-state index contributed by atoms with van der Waals surface area (Å²) >= 11 is 0. The van der Waals surface area contributed by atoms with Crippen molar-refractivity contribution in [2.75, 3.05) is 17.7 Å². The molecule has 2 amide bonds. The van der Waals surface area contributed by atoms with Crippen LogP contribution in [0.5, 0.6) is 0 Å². The maximum Gasteiger partial charge on any atom is 0.337 e. The molecule has 0 bridgehead atoms. The van der Waals surface area contributed by atoms with E-state index in [4.69, 9.17) is 5.26 Å². The lowest BCUT2D eigenvalue weighted by atomic mass is 9.90. The Morgan fingerprint density at radius 3 is 2.11 bits per heavy atom. The van der Waals surface area contributed by atoms with E-state index >= 15 is 0 Å². The van der Waals surface area contributed by atoms with E-state index in [1.54, 1.807) is 42.5 Å². The number of esters is 1. The zero-order valence-corrected chi connectivity index (χ0v) is 15.2. The molecule has 0 saturated heterocycles. The summed E-state index contributed by atoms with van der Waals surface area (Å²) in [7, 11) is 1.27. The van der Waals surface area contributed by atoms with Gasteiger partial charge in [0.2, 0.25) is 11.8 Å². The molecule has 2 aromatic rings. The van der Waals surface area contributed by atoms with Gasteiger partial charge in [-0.15, -0.1) is 0 Å². The Labute approximate surface area is 156 Å². The van der Waals surface area contributed by atoms with Crippen LogP contribution in [0.15, 0.2) is 48.5 Å². The number of hydrogen-bond acceptors (Lipinski definition) is 5. The topological polar surface area (TPSA) is 108 Å². The van der Waals surface area contributed by atoms with E-state index in [1.807, 2.05) is 6.07 Å². The summed E-state index contributed by atoms with van der Waals surface area (Å²) in [6.45, 7) is 2.98. The standard InChI is InChI=1S/C20H19N3O4/c1-20(2,18(25)22-15-9-7-13(12-21)8-10-15)19(26)23-16-6-4-5-14(11-16)17(24)27-3/h4-11H,1-3H3,(H,22,25)(H,23,26). The second kappa shape index (κ2) is 8.15. The Kier molecular flexibility index (Phi) is 5.93. The van der Waals surface area contributed by atoms with Gasteiger partial charge in [-0.05, 0) is 56.3 Å². The van der Waals surface area contributed by atoms with Crippen molar-refractivity contribution in [3.8, 4) is 6.07 Å². The lowest BCUT2D eigenvalue weighted by Gasteiger charge is -2.23. The number of benzene rings is 2. The number of hydrogen-bond donors (Lipinski definition) is 2. The van der Waals surface area contributed by atoms with Gasteiger partial charge >= 0.3 is 5.97 Å². The molecule has 0 aliphatic heterocycles. The van der Waals surface area contributed by atoms with Crippen LogP contribution >= 0.6 is 0 Å². The van der Waals surface area contributed by atoms with Crippen molar-refractivity contribution >= 4 is 29.2 Å². The van der Waals surface area contributed by atoms with Crippen LogP contribution in [0, 0.1) is 16.7 Å². The van der Waals surface area contributed by atoms with Gasteiger partial charge in [0.05, 0.1) is 24.3 Å². The monoisotopic (exact) mass is 365 g/mol. The van der Waals surface area contributed by atoms with Crippen molar-refractivity contribution in [1.29, 1.82) is 5.26 Å². The summed E-state index contributed by atoms with van der Waals surface area (Å²) in [6.07, 6.45) is 0. The van der Waals surface area contributed by atoms with Gasteiger partial charge < -0.3 is 15.4 Å². The van der Waals surface area contributed by atoms with Crippen molar-refractivity contribution in [3.05, 3.63) is 59.7 Å². The Balaban J connectivity index is 2.10. The van der Waals surface area contributed by atoms with Crippen LogP contribution in [0.3, 0.4) is 0 Å². The van der Waals surface area contributed by atoms with Gasteiger partial charge in [0.25, 0.3) is 0 Å². The van der Waals surface area contributed by atoms with E-state index in [2.05, 4.69) is 15.4 Å². The summed E-state index contributed by atoms with van der Waals surface area (Å²) in [4.78, 5) is 36.7. The lowest BCUT2D eigenvalue weighted by Crippen LogP contribution is -2.41. The molecule has 0 aliphatic carbocycles. The number of nitriles is 1. The molecule has 2 aromatic carbocycles. The van der Waals surface area contributed by atoms with Crippen LogP contribution < -0.4 is 10.6 Å². The third-order valence-electron chi connectivity index (χ3n) is 3.95. The summed E-state index contributed by atoms with van der Waals surface area (Å²) in [6, 6.07) is 14.5. The number of nitrogens with one attached hydrogen (secondary N) is 2. The molecule has 0 aromatic heterocycles. The minimum absolute atomic E-state index is 0.287. The average molecular weight is 365 g/mol. The second-order valence-corrected chi connectivity index (χ2v) is 6.29. The molecule has 0 atom stereocenters. The van der Waals surface area contributed by atoms with Gasteiger partial charge in [-0.2, -0.15) is 5.26 Å². The highest BCUT2D eigenvalue weighted by Gasteiger charge is 2.36. The number of carbonyl (C=O) groups is 3. The maximum absolute atomic E-state index is 12.6. The van der Waals surface area contributed by atoms with Crippen LogP contribution in [-0.2, 0) is 14.3 Å². The first-order valence-electron chi connectivity index (χ1n) is 8.09. The number of methoxy groups -OCH3 is 1. The lowest BCUT2D eigenvalue weighted by molar-refractivity contribution is -0.135. The van der Waals surface area contributed by atoms with Crippen molar-refractivity contribution in [2.45, 2.75) is 13.8 Å². The molecule has 0 heterocycles. The fraction of sp³-hybridized carbons (Fsp3) is 0.200. The zero-order valence-electron chi connectivity index (χ0n) is 15.2. The predicted octanol–water partition coefficient (Wildman–Crippen LogP) is 2.95. The highest BCUT2D eigenvalue weighted by Crippen LogP contribution is 2.22. The number of rotatable bonds is 5. The number of amides is 2. The fourth-order valence-electron chi connectivity index (χ4n) is 2.15. The highest BCUT2D eigenvalue weighted by atomic mass is 16.5. The minimum atomic E-state index is -1.38. The van der Waals surface area contributed by atoms with E-state index in [9.17, 15) is 14.4 Å². The number of carbonyl (C=O) groups excluding carboxylic acids is 3. The third kappa shape index (κ3) is 4.70. The normalized spacial score (nSPS) is 10.4. The van der Waals surface area contributed by atoms with Crippen molar-refractivity contribution in [3.63, 3.8) is 0 Å². The van der Waals surface area contributed by atoms with Gasteiger partial charge in [0.1, 0.15) is 5.41 Å². The molecule has 0 fully saturated rings. The van der Waals surface area contributed by atoms with E-state index in [0.29, 0.717) is 16.9 Å². The summed E-state index contributed by atoms with van der Waals surface area (Å²) < 4.78 is 4.65. The Morgan fingerprint density at radius 2 is 1.56 bits per heavy atom. The molecule has 2 rings (SSSR count). The second-order valence-electron chi connectivity index (χ2n) is 6.29. The largest absolute Gasteiger partial charge is 0.465 e. The van der Waals surface area contributed by atoms with Gasteiger partial charge in [-0.1, -0.05) is 6.07 Å². The predicted molar refractivity (Wildman–Crippen MR) is 100.0 cm³/mol. The Hall–Kier alpha value is -3.66. The molecule has 7 heteroatoms. The van der Waals surface area contributed by atoms with Gasteiger partial charge in [-0.3, -0.25) is 9.59 Å². The van der Waals surface area contributed by atoms with Gasteiger partial charge in [-0.25, -0.2) is 4.79 Å². The van der Waals surface area contributed by atoms with Crippen LogP contribution in [0.25, 0.3) is 0 Å².